The molecule has 3 nitrogen and oxygen atoms in total. The van der Waals surface area contributed by atoms with E-state index in [1.807, 2.05) is 0 Å². The minimum Gasteiger partial charge on any atom is -0.396 e. The van der Waals surface area contributed by atoms with Crippen molar-refractivity contribution in [1.29, 1.82) is 0 Å². The minimum absolute atomic E-state index is 0.304. The van der Waals surface area contributed by atoms with E-state index in [0.717, 1.165) is 42.9 Å². The van der Waals surface area contributed by atoms with E-state index in [1.165, 1.54) is 24.1 Å². The Bertz CT molecular complexity index is 421. The molecule has 0 atom stereocenters. The molecule has 112 valence electrons. The molecule has 0 unspecified atom stereocenters. The van der Waals surface area contributed by atoms with Gasteiger partial charge in [-0.2, -0.15) is 0 Å². The summed E-state index contributed by atoms with van der Waals surface area (Å²) in [5.41, 5.74) is 2.67. The highest BCUT2D eigenvalue weighted by atomic mass is 79.9. The first-order valence-electron chi connectivity index (χ1n) is 7.54. The van der Waals surface area contributed by atoms with Crippen LogP contribution in [0.3, 0.4) is 0 Å². The van der Waals surface area contributed by atoms with Crippen molar-refractivity contribution < 1.29 is 5.11 Å². The Morgan fingerprint density at radius 2 is 2.10 bits per heavy atom. The number of benzene rings is 1. The third-order valence-corrected chi connectivity index (χ3v) is 4.26. The van der Waals surface area contributed by atoms with Gasteiger partial charge in [0.05, 0.1) is 0 Å². The SMILES string of the molecule is CN(CCCCCO)c1ccc(Br)cc1CNC1CC1. The predicted octanol–water partition coefficient (Wildman–Crippen LogP) is 3.30. The summed E-state index contributed by atoms with van der Waals surface area (Å²) in [6.45, 7) is 2.29. The fourth-order valence-corrected chi connectivity index (χ4v) is 2.78. The van der Waals surface area contributed by atoms with Gasteiger partial charge in [0, 0.05) is 42.9 Å². The molecule has 4 heteroatoms. The van der Waals surface area contributed by atoms with Crippen LogP contribution >= 0.6 is 15.9 Å². The van der Waals surface area contributed by atoms with Crippen LogP contribution in [-0.4, -0.2) is 31.3 Å². The van der Waals surface area contributed by atoms with Crippen LogP contribution in [0.25, 0.3) is 0 Å². The predicted molar refractivity (Wildman–Crippen MR) is 88.2 cm³/mol. The van der Waals surface area contributed by atoms with Crippen molar-refractivity contribution in [2.24, 2.45) is 0 Å². The summed E-state index contributed by atoms with van der Waals surface area (Å²) in [5, 5.41) is 12.4. The van der Waals surface area contributed by atoms with Crippen LogP contribution in [-0.2, 0) is 6.54 Å². The highest BCUT2D eigenvalue weighted by Crippen LogP contribution is 2.26. The molecule has 0 saturated heterocycles. The number of anilines is 1. The first-order chi connectivity index (χ1) is 9.70. The fourth-order valence-electron chi connectivity index (χ4n) is 2.37. The van der Waals surface area contributed by atoms with Crippen molar-refractivity contribution in [3.8, 4) is 0 Å². The van der Waals surface area contributed by atoms with Gasteiger partial charge in [-0.3, -0.25) is 0 Å². The number of nitrogens with zero attached hydrogens (tertiary/aromatic N) is 1. The number of nitrogens with one attached hydrogen (secondary N) is 1. The van der Waals surface area contributed by atoms with E-state index in [4.69, 9.17) is 5.11 Å². The molecule has 1 aliphatic rings. The molecule has 1 fully saturated rings. The van der Waals surface area contributed by atoms with Gasteiger partial charge in [0.2, 0.25) is 0 Å². The fraction of sp³-hybridized carbons (Fsp3) is 0.625. The maximum absolute atomic E-state index is 8.82. The van der Waals surface area contributed by atoms with E-state index in [1.54, 1.807) is 0 Å². The van der Waals surface area contributed by atoms with Crippen LogP contribution in [0.5, 0.6) is 0 Å². The number of halogens is 1. The van der Waals surface area contributed by atoms with Crippen molar-refractivity contribution in [2.75, 3.05) is 25.1 Å². The Labute approximate surface area is 130 Å². The normalized spacial score (nSPS) is 14.6. The number of aliphatic hydroxyl groups excluding tert-OH is 1. The summed E-state index contributed by atoms with van der Waals surface area (Å²) in [6.07, 6.45) is 5.76. The third-order valence-electron chi connectivity index (χ3n) is 3.76. The van der Waals surface area contributed by atoms with Crippen LogP contribution in [0, 0.1) is 0 Å². The second-order valence-electron chi connectivity index (χ2n) is 5.63. The van der Waals surface area contributed by atoms with Gasteiger partial charge in [-0.25, -0.2) is 0 Å². The largest absolute Gasteiger partial charge is 0.396 e. The summed E-state index contributed by atoms with van der Waals surface area (Å²) in [7, 11) is 2.16. The highest BCUT2D eigenvalue weighted by Gasteiger charge is 2.20. The van der Waals surface area contributed by atoms with Crippen molar-refractivity contribution in [3.05, 3.63) is 28.2 Å². The van der Waals surface area contributed by atoms with Crippen LogP contribution in [0.1, 0.15) is 37.7 Å². The molecule has 2 rings (SSSR count). The maximum atomic E-state index is 8.82. The Morgan fingerprint density at radius 1 is 1.30 bits per heavy atom. The molecule has 0 heterocycles. The molecule has 1 aliphatic carbocycles. The van der Waals surface area contributed by atoms with E-state index in [2.05, 4.69) is 51.4 Å². The molecule has 0 aliphatic heterocycles. The minimum atomic E-state index is 0.304. The molecule has 0 spiro atoms. The van der Waals surface area contributed by atoms with E-state index < -0.39 is 0 Å². The van der Waals surface area contributed by atoms with Gasteiger partial charge in [0.15, 0.2) is 0 Å². The van der Waals surface area contributed by atoms with Gasteiger partial charge < -0.3 is 15.3 Å². The van der Waals surface area contributed by atoms with Crippen LogP contribution in [0.4, 0.5) is 5.69 Å². The lowest BCUT2D eigenvalue weighted by atomic mass is 10.1. The van der Waals surface area contributed by atoms with E-state index in [-0.39, 0.29) is 0 Å². The van der Waals surface area contributed by atoms with E-state index in [0.29, 0.717) is 6.61 Å². The number of unbranched alkanes of at least 4 members (excludes halogenated alkanes) is 2. The molecule has 20 heavy (non-hydrogen) atoms. The van der Waals surface area contributed by atoms with Gasteiger partial charge in [-0.05, 0) is 55.9 Å². The Morgan fingerprint density at radius 3 is 2.80 bits per heavy atom. The topological polar surface area (TPSA) is 35.5 Å². The van der Waals surface area contributed by atoms with Gasteiger partial charge in [-0.1, -0.05) is 15.9 Å². The molecular formula is C16H25BrN2O. The van der Waals surface area contributed by atoms with Gasteiger partial charge in [0.1, 0.15) is 0 Å². The molecule has 1 saturated carbocycles. The van der Waals surface area contributed by atoms with Gasteiger partial charge in [0.25, 0.3) is 0 Å². The second-order valence-corrected chi connectivity index (χ2v) is 6.55. The van der Waals surface area contributed by atoms with Gasteiger partial charge >= 0.3 is 0 Å². The lowest BCUT2D eigenvalue weighted by molar-refractivity contribution is 0.283. The van der Waals surface area contributed by atoms with Crippen LogP contribution in [0.2, 0.25) is 0 Å². The molecule has 0 aromatic heterocycles. The molecule has 2 N–H and O–H groups in total. The molecule has 0 amide bonds. The number of rotatable bonds is 9. The van der Waals surface area contributed by atoms with Crippen molar-refractivity contribution in [1.82, 2.24) is 5.32 Å². The molecular weight excluding hydrogens is 316 g/mol. The molecule has 1 aromatic rings. The average Bonchev–Trinajstić information content (AvgIpc) is 3.25. The third kappa shape index (κ3) is 5.08. The highest BCUT2D eigenvalue weighted by molar-refractivity contribution is 9.10. The van der Waals surface area contributed by atoms with E-state index >= 15 is 0 Å². The summed E-state index contributed by atoms with van der Waals surface area (Å²) < 4.78 is 1.14. The molecule has 0 bridgehead atoms. The summed E-state index contributed by atoms with van der Waals surface area (Å²) in [6, 6.07) is 7.26. The zero-order valence-electron chi connectivity index (χ0n) is 12.2. The molecule has 1 aromatic carbocycles. The van der Waals surface area contributed by atoms with Gasteiger partial charge in [-0.15, -0.1) is 0 Å². The molecule has 0 radical (unpaired) electrons. The number of hydrogen-bond acceptors (Lipinski definition) is 3. The average molecular weight is 341 g/mol. The summed E-state index contributed by atoms with van der Waals surface area (Å²) >= 11 is 3.57. The van der Waals surface area contributed by atoms with E-state index in [9.17, 15) is 0 Å². The Hall–Kier alpha value is -0.580. The van der Waals surface area contributed by atoms with Crippen molar-refractivity contribution >= 4 is 21.6 Å². The zero-order chi connectivity index (χ0) is 14.4. The monoisotopic (exact) mass is 340 g/mol. The lowest BCUT2D eigenvalue weighted by Gasteiger charge is -2.23. The Balaban J connectivity index is 1.93. The smallest absolute Gasteiger partial charge is 0.0431 e. The van der Waals surface area contributed by atoms with Crippen molar-refractivity contribution in [2.45, 2.75) is 44.7 Å². The first-order valence-corrected chi connectivity index (χ1v) is 8.34. The summed E-state index contributed by atoms with van der Waals surface area (Å²) in [4.78, 5) is 2.33. The number of aliphatic hydroxyl groups is 1. The zero-order valence-corrected chi connectivity index (χ0v) is 13.8. The van der Waals surface area contributed by atoms with Crippen LogP contribution in [0.15, 0.2) is 22.7 Å². The number of hydrogen-bond donors (Lipinski definition) is 2. The Kier molecular flexibility index (Phi) is 6.33. The second kappa shape index (κ2) is 8.01. The quantitative estimate of drug-likeness (QED) is 0.677. The maximum Gasteiger partial charge on any atom is 0.0431 e. The van der Waals surface area contributed by atoms with Crippen LogP contribution < -0.4 is 10.2 Å². The lowest BCUT2D eigenvalue weighted by Crippen LogP contribution is -2.23. The standard InChI is InChI=1S/C16H25BrN2O/c1-19(9-3-2-4-10-20)16-8-5-14(17)11-13(16)12-18-15-6-7-15/h5,8,11,15,18,20H,2-4,6-7,9-10,12H2,1H3. The summed E-state index contributed by atoms with van der Waals surface area (Å²) in [5.74, 6) is 0. The first kappa shape index (κ1) is 15.8. The van der Waals surface area contributed by atoms with Crippen molar-refractivity contribution in [3.63, 3.8) is 0 Å².